The van der Waals surface area contributed by atoms with Gasteiger partial charge in [-0.25, -0.2) is 9.97 Å². The van der Waals surface area contributed by atoms with Gasteiger partial charge in [-0.1, -0.05) is 18.9 Å². The molecule has 3 rings (SSSR count). The van der Waals surface area contributed by atoms with Gasteiger partial charge in [-0.3, -0.25) is 4.90 Å². The van der Waals surface area contributed by atoms with Crippen LogP contribution < -0.4 is 10.2 Å². The average molecular weight is 394 g/mol. The van der Waals surface area contributed by atoms with E-state index in [1.54, 1.807) is 0 Å². The number of rotatable bonds is 7. The van der Waals surface area contributed by atoms with Gasteiger partial charge in [-0.2, -0.15) is 0 Å². The molecule has 0 saturated carbocycles. The van der Waals surface area contributed by atoms with Gasteiger partial charge in [0.05, 0.1) is 18.9 Å². The highest BCUT2D eigenvalue weighted by atomic mass is 35.5. The first-order valence-corrected chi connectivity index (χ1v) is 10.5. The lowest BCUT2D eigenvalue weighted by Gasteiger charge is -2.30. The molecule has 0 amide bonds. The number of hydrogen-bond donors (Lipinski definition) is 1. The highest BCUT2D eigenvalue weighted by Gasteiger charge is 2.19. The van der Waals surface area contributed by atoms with E-state index in [0.717, 1.165) is 82.5 Å². The number of halogens is 1. The second-order valence-electron chi connectivity index (χ2n) is 7.36. The number of ether oxygens (including phenoxy) is 1. The maximum absolute atomic E-state index is 6.29. The molecule has 1 N–H and O–H groups in total. The fraction of sp³-hybridized carbons (Fsp3) is 0.700. The van der Waals surface area contributed by atoms with Crippen molar-refractivity contribution in [1.82, 2.24) is 20.2 Å². The number of anilines is 1. The maximum Gasteiger partial charge on any atom is 0.224 e. The molecule has 2 fully saturated rings. The summed E-state index contributed by atoms with van der Waals surface area (Å²) >= 11 is 6.29. The summed E-state index contributed by atoms with van der Waals surface area (Å²) in [5, 5.41) is 3.75. The van der Waals surface area contributed by atoms with Gasteiger partial charge < -0.3 is 15.0 Å². The molecule has 0 aliphatic carbocycles. The van der Waals surface area contributed by atoms with Gasteiger partial charge in [0.1, 0.15) is 5.82 Å². The number of piperazine rings is 1. The minimum Gasteiger partial charge on any atom is -0.378 e. The Morgan fingerprint density at radius 1 is 1.19 bits per heavy atom. The Hall–Kier alpha value is -1.21. The van der Waals surface area contributed by atoms with Gasteiger partial charge in [-0.15, -0.1) is 0 Å². The van der Waals surface area contributed by atoms with Crippen LogP contribution in [0.5, 0.6) is 0 Å². The lowest BCUT2D eigenvalue weighted by Crippen LogP contribution is -2.44. The van der Waals surface area contributed by atoms with Crippen molar-refractivity contribution < 1.29 is 4.74 Å². The monoisotopic (exact) mass is 393 g/mol. The fourth-order valence-electron chi connectivity index (χ4n) is 3.67. The molecule has 27 heavy (non-hydrogen) atoms. The number of nitrogens with one attached hydrogen (secondary N) is 1. The average Bonchev–Trinajstić information content (AvgIpc) is 2.70. The first-order chi connectivity index (χ1) is 13.2. The molecule has 6 nitrogen and oxygen atoms in total. The Morgan fingerprint density at radius 2 is 1.93 bits per heavy atom. The van der Waals surface area contributed by atoms with Crippen LogP contribution in [-0.2, 0) is 4.74 Å². The van der Waals surface area contributed by atoms with Crippen molar-refractivity contribution in [2.24, 2.45) is 0 Å². The van der Waals surface area contributed by atoms with Crippen LogP contribution in [0.15, 0.2) is 5.57 Å². The molecule has 2 saturated heterocycles. The van der Waals surface area contributed by atoms with E-state index in [1.165, 1.54) is 18.4 Å². The van der Waals surface area contributed by atoms with E-state index in [1.807, 2.05) is 0 Å². The van der Waals surface area contributed by atoms with Crippen molar-refractivity contribution in [2.75, 3.05) is 63.9 Å². The van der Waals surface area contributed by atoms with Crippen molar-refractivity contribution in [1.29, 1.82) is 0 Å². The Balaban J connectivity index is 1.84. The van der Waals surface area contributed by atoms with Crippen LogP contribution in [0.3, 0.4) is 0 Å². The quantitative estimate of drug-likeness (QED) is 0.719. The second-order valence-corrected chi connectivity index (χ2v) is 7.70. The lowest BCUT2D eigenvalue weighted by molar-refractivity contribution is 0.122. The van der Waals surface area contributed by atoms with Gasteiger partial charge in [0.15, 0.2) is 0 Å². The third-order valence-electron chi connectivity index (χ3n) is 5.27. The zero-order chi connectivity index (χ0) is 19.1. The minimum absolute atomic E-state index is 0.324. The number of hydrogen-bond acceptors (Lipinski definition) is 6. The van der Waals surface area contributed by atoms with E-state index < -0.39 is 0 Å². The van der Waals surface area contributed by atoms with Gasteiger partial charge in [0, 0.05) is 51.4 Å². The van der Waals surface area contributed by atoms with Crippen molar-refractivity contribution in [3.05, 3.63) is 22.1 Å². The molecule has 1 aromatic heterocycles. The number of morpholine rings is 1. The SMILES string of the molecule is CCCC/C(=C\c1nc(Cl)nc(N2CCOCC2)c1C)CN1CCNCC1. The van der Waals surface area contributed by atoms with Gasteiger partial charge in [0.25, 0.3) is 0 Å². The molecule has 3 heterocycles. The molecule has 0 spiro atoms. The highest BCUT2D eigenvalue weighted by Crippen LogP contribution is 2.25. The van der Waals surface area contributed by atoms with Crippen LogP contribution in [0.25, 0.3) is 6.08 Å². The van der Waals surface area contributed by atoms with Crippen molar-refractivity contribution in [2.45, 2.75) is 33.1 Å². The first-order valence-electron chi connectivity index (χ1n) is 10.2. The first kappa shape index (κ1) is 20.5. The van der Waals surface area contributed by atoms with Crippen molar-refractivity contribution in [3.8, 4) is 0 Å². The lowest BCUT2D eigenvalue weighted by atomic mass is 10.0. The molecule has 0 aromatic carbocycles. The largest absolute Gasteiger partial charge is 0.378 e. The molecule has 1 aromatic rings. The Bertz CT molecular complexity index is 640. The van der Waals surface area contributed by atoms with E-state index in [-0.39, 0.29) is 0 Å². The zero-order valence-electron chi connectivity index (χ0n) is 16.6. The predicted molar refractivity (Wildman–Crippen MR) is 112 cm³/mol. The summed E-state index contributed by atoms with van der Waals surface area (Å²) in [6.07, 6.45) is 5.76. The zero-order valence-corrected chi connectivity index (χ0v) is 17.4. The van der Waals surface area contributed by atoms with Crippen LogP contribution in [0, 0.1) is 6.92 Å². The van der Waals surface area contributed by atoms with E-state index in [9.17, 15) is 0 Å². The third-order valence-corrected chi connectivity index (χ3v) is 5.44. The summed E-state index contributed by atoms with van der Waals surface area (Å²) in [4.78, 5) is 13.9. The van der Waals surface area contributed by atoms with Crippen LogP contribution in [0.1, 0.15) is 37.4 Å². The number of unbranched alkanes of at least 4 members (excludes halogenated alkanes) is 1. The smallest absolute Gasteiger partial charge is 0.224 e. The number of aromatic nitrogens is 2. The van der Waals surface area contributed by atoms with Gasteiger partial charge >= 0.3 is 0 Å². The van der Waals surface area contributed by atoms with Crippen LogP contribution in [-0.4, -0.2) is 73.9 Å². The second kappa shape index (κ2) is 10.4. The molecule has 0 radical (unpaired) electrons. The van der Waals surface area contributed by atoms with E-state index in [0.29, 0.717) is 5.28 Å². The van der Waals surface area contributed by atoms with E-state index in [4.69, 9.17) is 16.3 Å². The Kier molecular flexibility index (Phi) is 7.88. The maximum atomic E-state index is 6.29. The van der Waals surface area contributed by atoms with Gasteiger partial charge in [-0.05, 0) is 37.4 Å². The molecule has 0 atom stereocenters. The molecule has 0 unspecified atom stereocenters. The molecule has 0 bridgehead atoms. The molecule has 7 heteroatoms. The van der Waals surface area contributed by atoms with Crippen molar-refractivity contribution >= 4 is 23.5 Å². The van der Waals surface area contributed by atoms with Crippen LogP contribution >= 0.6 is 11.6 Å². The molecule has 2 aliphatic heterocycles. The number of nitrogens with zero attached hydrogens (tertiary/aromatic N) is 4. The molecular formula is C20H32ClN5O. The molecular weight excluding hydrogens is 362 g/mol. The Labute approximate surface area is 167 Å². The summed E-state index contributed by atoms with van der Waals surface area (Å²) in [7, 11) is 0. The standard InChI is InChI=1S/C20H32ClN5O/c1-3-4-5-17(15-25-8-6-22-7-9-25)14-18-16(2)19(24-20(21)23-18)26-10-12-27-13-11-26/h14,22H,3-13,15H2,1-2H3/b17-14+. The van der Waals surface area contributed by atoms with E-state index >= 15 is 0 Å². The Morgan fingerprint density at radius 3 is 2.63 bits per heavy atom. The summed E-state index contributed by atoms with van der Waals surface area (Å²) in [5.74, 6) is 0.946. The summed E-state index contributed by atoms with van der Waals surface area (Å²) in [5.41, 5.74) is 3.50. The van der Waals surface area contributed by atoms with Crippen LogP contribution in [0.4, 0.5) is 5.82 Å². The normalized spacial score (nSPS) is 19.5. The summed E-state index contributed by atoms with van der Waals surface area (Å²) in [6, 6.07) is 0. The topological polar surface area (TPSA) is 53.5 Å². The predicted octanol–water partition coefficient (Wildman–Crippen LogP) is 2.75. The molecule has 150 valence electrons. The highest BCUT2D eigenvalue weighted by molar-refractivity contribution is 6.28. The minimum atomic E-state index is 0.324. The van der Waals surface area contributed by atoms with Crippen molar-refractivity contribution in [3.63, 3.8) is 0 Å². The third kappa shape index (κ3) is 5.88. The molecule has 2 aliphatic rings. The fourth-order valence-corrected chi connectivity index (χ4v) is 3.84. The van der Waals surface area contributed by atoms with Crippen LogP contribution in [0.2, 0.25) is 5.28 Å². The summed E-state index contributed by atoms with van der Waals surface area (Å²) < 4.78 is 5.47. The van der Waals surface area contributed by atoms with E-state index in [2.05, 4.69) is 45.0 Å². The van der Waals surface area contributed by atoms with Gasteiger partial charge in [0.2, 0.25) is 5.28 Å². The summed E-state index contributed by atoms with van der Waals surface area (Å²) in [6.45, 7) is 12.9.